The summed E-state index contributed by atoms with van der Waals surface area (Å²) in [7, 11) is 0. The molecule has 0 unspecified atom stereocenters. The van der Waals surface area contributed by atoms with Gasteiger partial charge >= 0.3 is 0 Å². The highest BCUT2D eigenvalue weighted by Crippen LogP contribution is 2.16. The van der Waals surface area contributed by atoms with Crippen LogP contribution in [0.5, 0.6) is 11.5 Å². The molecule has 8 heteroatoms. The summed E-state index contributed by atoms with van der Waals surface area (Å²) in [5, 5.41) is 2.70. The predicted octanol–water partition coefficient (Wildman–Crippen LogP) is 2.59. The van der Waals surface area contributed by atoms with Gasteiger partial charge < -0.3 is 14.8 Å². The molecule has 2 rings (SSSR count). The van der Waals surface area contributed by atoms with Crippen LogP contribution < -0.4 is 25.6 Å². The number of hydrogen-bond donors (Lipinski definition) is 3. The number of anilines is 1. The van der Waals surface area contributed by atoms with Gasteiger partial charge in [-0.3, -0.25) is 25.2 Å². The molecule has 3 N–H and O–H groups in total. The summed E-state index contributed by atoms with van der Waals surface area (Å²) in [5.74, 6) is 0.00551. The third-order valence-corrected chi connectivity index (χ3v) is 4.07. The number of nitrogens with one attached hydrogen (secondary N) is 3. The third-order valence-electron chi connectivity index (χ3n) is 4.07. The highest BCUT2D eigenvalue weighted by Gasteiger charge is 2.09. The standard InChI is InChI=1S/C22H27N3O5/c1-3-16-5-9-19(10-6-16)30-15-22(28)25-24-21(27)14-13-20(26)23-17-7-11-18(12-8-17)29-4-2/h5-12H,3-4,13-15H2,1-2H3,(H,23,26)(H,24,27)(H,25,28). The van der Waals surface area contributed by atoms with E-state index in [0.717, 1.165) is 6.42 Å². The Kier molecular flexibility index (Phi) is 9.18. The first kappa shape index (κ1) is 22.7. The van der Waals surface area contributed by atoms with Crippen molar-refractivity contribution in [1.82, 2.24) is 10.9 Å². The van der Waals surface area contributed by atoms with Crippen LogP contribution in [0.2, 0.25) is 0 Å². The minimum atomic E-state index is -0.498. The third kappa shape index (κ3) is 8.22. The van der Waals surface area contributed by atoms with Gasteiger partial charge in [-0.2, -0.15) is 0 Å². The molecule has 0 aliphatic rings. The molecule has 0 atom stereocenters. The van der Waals surface area contributed by atoms with Crippen molar-refractivity contribution in [3.05, 3.63) is 54.1 Å². The zero-order valence-corrected chi connectivity index (χ0v) is 17.2. The van der Waals surface area contributed by atoms with E-state index in [0.29, 0.717) is 23.8 Å². The zero-order chi connectivity index (χ0) is 21.8. The largest absolute Gasteiger partial charge is 0.494 e. The van der Waals surface area contributed by atoms with Crippen molar-refractivity contribution in [3.63, 3.8) is 0 Å². The molecule has 8 nitrogen and oxygen atoms in total. The number of hydrazine groups is 1. The van der Waals surface area contributed by atoms with E-state index in [2.05, 4.69) is 23.1 Å². The summed E-state index contributed by atoms with van der Waals surface area (Å²) in [4.78, 5) is 35.5. The lowest BCUT2D eigenvalue weighted by Gasteiger charge is -2.09. The Morgan fingerprint density at radius 1 is 0.733 bits per heavy atom. The Balaban J connectivity index is 1.62. The molecular formula is C22H27N3O5. The summed E-state index contributed by atoms with van der Waals surface area (Å²) in [6, 6.07) is 14.4. The van der Waals surface area contributed by atoms with Crippen LogP contribution in [0, 0.1) is 0 Å². The second-order valence-electron chi connectivity index (χ2n) is 6.39. The van der Waals surface area contributed by atoms with Gasteiger partial charge in [0.2, 0.25) is 11.8 Å². The highest BCUT2D eigenvalue weighted by atomic mass is 16.5. The number of benzene rings is 2. The Labute approximate surface area is 175 Å². The summed E-state index contributed by atoms with van der Waals surface area (Å²) in [5.41, 5.74) is 6.30. The average Bonchev–Trinajstić information content (AvgIpc) is 2.76. The lowest BCUT2D eigenvalue weighted by atomic mass is 10.2. The van der Waals surface area contributed by atoms with Crippen molar-refractivity contribution < 1.29 is 23.9 Å². The minimum Gasteiger partial charge on any atom is -0.494 e. The summed E-state index contributed by atoms with van der Waals surface area (Å²) < 4.78 is 10.7. The van der Waals surface area contributed by atoms with Crippen molar-refractivity contribution >= 4 is 23.4 Å². The van der Waals surface area contributed by atoms with Crippen LogP contribution in [0.15, 0.2) is 48.5 Å². The van der Waals surface area contributed by atoms with Crippen LogP contribution >= 0.6 is 0 Å². The molecule has 3 amide bonds. The van der Waals surface area contributed by atoms with Gasteiger partial charge in [0.15, 0.2) is 6.61 Å². The van der Waals surface area contributed by atoms with E-state index in [9.17, 15) is 14.4 Å². The highest BCUT2D eigenvalue weighted by molar-refractivity contribution is 5.93. The van der Waals surface area contributed by atoms with Crippen molar-refractivity contribution in [3.8, 4) is 11.5 Å². The first-order valence-corrected chi connectivity index (χ1v) is 9.82. The summed E-state index contributed by atoms with van der Waals surface area (Å²) in [6.07, 6.45) is 0.836. The van der Waals surface area contributed by atoms with Crippen LogP contribution in [0.25, 0.3) is 0 Å². The monoisotopic (exact) mass is 413 g/mol. The van der Waals surface area contributed by atoms with Gasteiger partial charge in [-0.05, 0) is 55.3 Å². The molecule has 160 valence electrons. The zero-order valence-electron chi connectivity index (χ0n) is 17.2. The lowest BCUT2D eigenvalue weighted by Crippen LogP contribution is -2.44. The summed E-state index contributed by atoms with van der Waals surface area (Å²) in [6.45, 7) is 4.27. The molecule has 2 aromatic rings. The first-order valence-electron chi connectivity index (χ1n) is 9.82. The van der Waals surface area contributed by atoms with Crippen molar-refractivity contribution in [2.75, 3.05) is 18.5 Å². The maximum Gasteiger partial charge on any atom is 0.276 e. The molecule has 0 saturated heterocycles. The fraction of sp³-hybridized carbons (Fsp3) is 0.318. The van der Waals surface area contributed by atoms with E-state index in [1.165, 1.54) is 5.56 Å². The van der Waals surface area contributed by atoms with Crippen LogP contribution in [0.3, 0.4) is 0 Å². The van der Waals surface area contributed by atoms with E-state index >= 15 is 0 Å². The molecule has 0 bridgehead atoms. The van der Waals surface area contributed by atoms with Crippen LogP contribution in [0.1, 0.15) is 32.3 Å². The number of aryl methyl sites for hydroxylation is 1. The van der Waals surface area contributed by atoms with E-state index in [4.69, 9.17) is 9.47 Å². The maximum absolute atomic E-state index is 11.9. The van der Waals surface area contributed by atoms with E-state index in [1.807, 2.05) is 19.1 Å². The van der Waals surface area contributed by atoms with Crippen LogP contribution in [-0.2, 0) is 20.8 Å². The Morgan fingerprint density at radius 3 is 1.93 bits per heavy atom. The maximum atomic E-state index is 11.9. The second kappa shape index (κ2) is 12.1. The minimum absolute atomic E-state index is 0.0187. The number of hydrogen-bond acceptors (Lipinski definition) is 5. The Morgan fingerprint density at radius 2 is 1.30 bits per heavy atom. The van der Waals surface area contributed by atoms with E-state index in [1.54, 1.807) is 36.4 Å². The molecule has 0 radical (unpaired) electrons. The molecule has 0 spiro atoms. The number of ether oxygens (including phenoxy) is 2. The number of carbonyl (C=O) groups is 3. The average molecular weight is 413 g/mol. The molecule has 2 aromatic carbocycles. The van der Waals surface area contributed by atoms with Crippen molar-refractivity contribution in [2.24, 2.45) is 0 Å². The van der Waals surface area contributed by atoms with Gasteiger partial charge in [-0.1, -0.05) is 19.1 Å². The number of rotatable bonds is 10. The molecule has 0 aromatic heterocycles. The van der Waals surface area contributed by atoms with Gasteiger partial charge in [0.1, 0.15) is 11.5 Å². The normalized spacial score (nSPS) is 10.1. The number of amides is 3. The Hall–Kier alpha value is -3.55. The van der Waals surface area contributed by atoms with Gasteiger partial charge in [-0.15, -0.1) is 0 Å². The smallest absolute Gasteiger partial charge is 0.276 e. The SMILES string of the molecule is CCOc1ccc(NC(=O)CCC(=O)NNC(=O)COc2ccc(CC)cc2)cc1. The lowest BCUT2D eigenvalue weighted by molar-refractivity contribution is -0.130. The van der Waals surface area contributed by atoms with E-state index < -0.39 is 11.8 Å². The molecule has 0 heterocycles. The fourth-order valence-corrected chi connectivity index (χ4v) is 2.46. The topological polar surface area (TPSA) is 106 Å². The van der Waals surface area contributed by atoms with Gasteiger partial charge in [-0.25, -0.2) is 0 Å². The molecule has 0 saturated carbocycles. The van der Waals surface area contributed by atoms with Crippen LogP contribution in [-0.4, -0.2) is 30.9 Å². The van der Waals surface area contributed by atoms with E-state index in [-0.39, 0.29) is 25.4 Å². The summed E-state index contributed by atoms with van der Waals surface area (Å²) >= 11 is 0. The Bertz CT molecular complexity index is 835. The molecule has 30 heavy (non-hydrogen) atoms. The quantitative estimate of drug-likeness (QED) is 0.519. The predicted molar refractivity (Wildman–Crippen MR) is 113 cm³/mol. The van der Waals surface area contributed by atoms with Crippen molar-refractivity contribution in [1.29, 1.82) is 0 Å². The molecule has 0 aliphatic heterocycles. The molecular weight excluding hydrogens is 386 g/mol. The molecule has 0 fully saturated rings. The van der Waals surface area contributed by atoms with Crippen molar-refractivity contribution in [2.45, 2.75) is 33.1 Å². The van der Waals surface area contributed by atoms with Gasteiger partial charge in [0.25, 0.3) is 5.91 Å². The number of carbonyl (C=O) groups excluding carboxylic acids is 3. The fourth-order valence-electron chi connectivity index (χ4n) is 2.46. The first-order chi connectivity index (χ1) is 14.5. The van der Waals surface area contributed by atoms with Gasteiger partial charge in [0, 0.05) is 18.5 Å². The molecule has 0 aliphatic carbocycles. The van der Waals surface area contributed by atoms with Gasteiger partial charge in [0.05, 0.1) is 6.61 Å². The second-order valence-corrected chi connectivity index (χ2v) is 6.39. The van der Waals surface area contributed by atoms with Crippen LogP contribution in [0.4, 0.5) is 5.69 Å².